The molecule has 0 saturated carbocycles. The Morgan fingerprint density at radius 1 is 1.13 bits per heavy atom. The van der Waals surface area contributed by atoms with E-state index in [1.807, 2.05) is 0 Å². The molecule has 3 heterocycles. The largest absolute Gasteiger partial charge is 0.454 e. The summed E-state index contributed by atoms with van der Waals surface area (Å²) in [5, 5.41) is 6.78. The lowest BCUT2D eigenvalue weighted by Crippen LogP contribution is -2.30. The van der Waals surface area contributed by atoms with Crippen molar-refractivity contribution in [3.63, 3.8) is 0 Å². The molecule has 0 bridgehead atoms. The van der Waals surface area contributed by atoms with Crippen molar-refractivity contribution >= 4 is 27.5 Å². The molecule has 0 spiro atoms. The molecule has 0 atom stereocenters. The molecule has 1 amide bonds. The number of hydrogen-bond acceptors (Lipinski definition) is 6. The van der Waals surface area contributed by atoms with Gasteiger partial charge in [-0.1, -0.05) is 12.5 Å². The van der Waals surface area contributed by atoms with Crippen LogP contribution in [0.25, 0.3) is 0 Å². The number of amidine groups is 1. The first-order valence-corrected chi connectivity index (χ1v) is 11.5. The molecule has 3 aromatic rings. The van der Waals surface area contributed by atoms with Gasteiger partial charge in [-0.3, -0.25) is 19.2 Å². The third-order valence-corrected chi connectivity index (χ3v) is 6.17. The summed E-state index contributed by atoms with van der Waals surface area (Å²) in [6, 6.07) is 11.2. The normalized spacial score (nSPS) is 14.5. The first-order chi connectivity index (χ1) is 15.0. The minimum absolute atomic E-state index is 0.0519. The summed E-state index contributed by atoms with van der Waals surface area (Å²) in [5.74, 6) is 0.717. The summed E-state index contributed by atoms with van der Waals surface area (Å²) < 4.78 is 35.3. The highest BCUT2D eigenvalue weighted by Crippen LogP contribution is 2.18. The molecule has 31 heavy (non-hydrogen) atoms. The number of rotatable bonds is 6. The van der Waals surface area contributed by atoms with Crippen LogP contribution in [0.15, 0.2) is 69.2 Å². The molecular formula is C21H23N5O4S. The number of benzene rings is 1. The van der Waals surface area contributed by atoms with Gasteiger partial charge in [0.2, 0.25) is 0 Å². The Morgan fingerprint density at radius 2 is 2.03 bits per heavy atom. The van der Waals surface area contributed by atoms with E-state index in [2.05, 4.69) is 20.1 Å². The van der Waals surface area contributed by atoms with Gasteiger partial charge in [0.1, 0.15) is 11.6 Å². The van der Waals surface area contributed by atoms with Gasteiger partial charge >= 0.3 is 0 Å². The standard InChI is InChI=1S/C21H23N5O4S/c27-21(19-10-9-17(30-19)15-26-13-5-12-23-26)24-16-6-4-7-18(14-16)31(28,29)25-20-8-2-1-3-11-22-20/h4-7,9-10,12-14H,1-3,8,11,15H2,(H,22,25)(H,24,27). The lowest BCUT2D eigenvalue weighted by atomic mass is 10.2. The van der Waals surface area contributed by atoms with Crippen LogP contribution in [0.2, 0.25) is 0 Å². The number of nitrogens with zero attached hydrogens (tertiary/aromatic N) is 3. The molecule has 1 aliphatic heterocycles. The van der Waals surface area contributed by atoms with Crippen LogP contribution in [0.5, 0.6) is 0 Å². The molecule has 162 valence electrons. The average Bonchev–Trinajstić information content (AvgIpc) is 3.37. The number of nitrogens with one attached hydrogen (secondary N) is 2. The van der Waals surface area contributed by atoms with E-state index in [9.17, 15) is 13.2 Å². The van der Waals surface area contributed by atoms with Gasteiger partial charge < -0.3 is 9.73 Å². The smallest absolute Gasteiger partial charge is 0.291 e. The van der Waals surface area contributed by atoms with Crippen LogP contribution < -0.4 is 10.0 Å². The number of sulfonamides is 1. The second-order valence-corrected chi connectivity index (χ2v) is 8.88. The van der Waals surface area contributed by atoms with Gasteiger partial charge in [-0.05, 0) is 49.2 Å². The van der Waals surface area contributed by atoms with Gasteiger partial charge in [-0.25, -0.2) is 8.42 Å². The van der Waals surface area contributed by atoms with E-state index in [-0.39, 0.29) is 10.7 Å². The van der Waals surface area contributed by atoms with Crippen molar-refractivity contribution in [1.82, 2.24) is 14.5 Å². The fourth-order valence-electron chi connectivity index (χ4n) is 3.24. The molecule has 10 heteroatoms. The molecule has 2 aromatic heterocycles. The Hall–Kier alpha value is -3.40. The summed E-state index contributed by atoms with van der Waals surface area (Å²) in [5.41, 5.74) is 0.348. The first kappa shape index (κ1) is 20.9. The Labute approximate surface area is 180 Å². The highest BCUT2D eigenvalue weighted by molar-refractivity contribution is 7.90. The summed E-state index contributed by atoms with van der Waals surface area (Å²) >= 11 is 0. The third kappa shape index (κ3) is 5.40. The fourth-order valence-corrected chi connectivity index (χ4v) is 4.38. The summed E-state index contributed by atoms with van der Waals surface area (Å²) in [6.07, 6.45) is 6.96. The van der Waals surface area contributed by atoms with E-state index in [4.69, 9.17) is 4.42 Å². The summed E-state index contributed by atoms with van der Waals surface area (Å²) in [4.78, 5) is 16.9. The SMILES string of the molecule is O=C(Nc1cccc(S(=O)(=O)NC2=NCCCCC2)c1)c1ccc(Cn2cccn2)o1. The van der Waals surface area contributed by atoms with E-state index < -0.39 is 15.9 Å². The van der Waals surface area contributed by atoms with E-state index in [1.165, 1.54) is 12.1 Å². The molecule has 9 nitrogen and oxygen atoms in total. The molecule has 0 fully saturated rings. The molecular weight excluding hydrogens is 418 g/mol. The number of carbonyl (C=O) groups excluding carboxylic acids is 1. The lowest BCUT2D eigenvalue weighted by Gasteiger charge is -2.11. The van der Waals surface area contributed by atoms with Crippen molar-refractivity contribution in [1.29, 1.82) is 0 Å². The summed E-state index contributed by atoms with van der Waals surface area (Å²) in [6.45, 7) is 1.03. The maximum Gasteiger partial charge on any atom is 0.291 e. The van der Waals surface area contributed by atoms with E-state index in [0.717, 1.165) is 19.3 Å². The molecule has 2 N–H and O–H groups in total. The van der Waals surface area contributed by atoms with Gasteiger partial charge in [0.05, 0.1) is 11.4 Å². The molecule has 0 saturated heterocycles. The first-order valence-electron chi connectivity index (χ1n) is 10.0. The van der Waals surface area contributed by atoms with E-state index >= 15 is 0 Å². The van der Waals surface area contributed by atoms with Gasteiger partial charge in [0.25, 0.3) is 15.9 Å². The maximum atomic E-state index is 12.7. The molecule has 0 unspecified atom stereocenters. The zero-order chi connectivity index (χ0) is 21.7. The van der Waals surface area contributed by atoms with Gasteiger partial charge in [0.15, 0.2) is 5.76 Å². The van der Waals surface area contributed by atoms with Crippen LogP contribution in [-0.2, 0) is 16.6 Å². The quantitative estimate of drug-likeness (QED) is 0.609. The number of amides is 1. The van der Waals surface area contributed by atoms with Crippen molar-refractivity contribution in [2.24, 2.45) is 4.99 Å². The van der Waals surface area contributed by atoms with Crippen LogP contribution in [0.1, 0.15) is 42.0 Å². The topological polar surface area (TPSA) is 119 Å². The number of aromatic nitrogens is 2. The third-order valence-electron chi connectivity index (χ3n) is 4.79. The van der Waals surface area contributed by atoms with Crippen LogP contribution in [-0.4, -0.2) is 36.5 Å². The number of hydrogen-bond donors (Lipinski definition) is 2. The second-order valence-electron chi connectivity index (χ2n) is 7.20. The van der Waals surface area contributed by atoms with Crippen molar-refractivity contribution in [2.45, 2.75) is 37.1 Å². The van der Waals surface area contributed by atoms with Crippen LogP contribution >= 0.6 is 0 Å². The van der Waals surface area contributed by atoms with Gasteiger partial charge in [-0.15, -0.1) is 0 Å². The van der Waals surface area contributed by atoms with E-state index in [0.29, 0.717) is 36.8 Å². The second kappa shape index (κ2) is 9.17. The molecule has 1 aromatic carbocycles. The Bertz CT molecular complexity index is 1180. The van der Waals surface area contributed by atoms with Crippen LogP contribution in [0, 0.1) is 0 Å². The number of aliphatic imine (C=N–C) groups is 1. The predicted octanol–water partition coefficient (Wildman–Crippen LogP) is 3.03. The highest BCUT2D eigenvalue weighted by Gasteiger charge is 2.19. The Morgan fingerprint density at radius 3 is 2.87 bits per heavy atom. The molecule has 0 radical (unpaired) electrons. The Balaban J connectivity index is 1.44. The van der Waals surface area contributed by atoms with Crippen molar-refractivity contribution < 1.29 is 17.6 Å². The van der Waals surface area contributed by atoms with Crippen molar-refractivity contribution in [2.75, 3.05) is 11.9 Å². The number of anilines is 1. The van der Waals surface area contributed by atoms with Crippen molar-refractivity contribution in [3.05, 3.63) is 66.4 Å². The number of furan rings is 1. The predicted molar refractivity (Wildman–Crippen MR) is 116 cm³/mol. The molecule has 1 aliphatic rings. The lowest BCUT2D eigenvalue weighted by molar-refractivity contribution is 0.0994. The van der Waals surface area contributed by atoms with E-state index in [1.54, 1.807) is 47.4 Å². The fraction of sp³-hybridized carbons (Fsp3) is 0.286. The number of carbonyl (C=O) groups is 1. The van der Waals surface area contributed by atoms with Crippen molar-refractivity contribution in [3.8, 4) is 0 Å². The summed E-state index contributed by atoms with van der Waals surface area (Å²) in [7, 11) is -3.79. The zero-order valence-electron chi connectivity index (χ0n) is 16.8. The minimum atomic E-state index is -3.79. The van der Waals surface area contributed by atoms with Gasteiger partial charge in [0, 0.05) is 31.0 Å². The molecule has 4 rings (SSSR count). The highest BCUT2D eigenvalue weighted by atomic mass is 32.2. The Kier molecular flexibility index (Phi) is 6.17. The zero-order valence-corrected chi connectivity index (χ0v) is 17.6. The molecule has 0 aliphatic carbocycles. The monoisotopic (exact) mass is 441 g/mol. The minimum Gasteiger partial charge on any atom is -0.454 e. The average molecular weight is 442 g/mol. The maximum absolute atomic E-state index is 12.7. The van der Waals surface area contributed by atoms with Gasteiger partial charge in [-0.2, -0.15) is 5.10 Å². The van der Waals surface area contributed by atoms with Crippen LogP contribution in [0.4, 0.5) is 5.69 Å². The van der Waals surface area contributed by atoms with Crippen LogP contribution in [0.3, 0.4) is 0 Å².